The molecule has 1 rings (SSSR count). The summed E-state index contributed by atoms with van der Waals surface area (Å²) in [7, 11) is 0. The van der Waals surface area contributed by atoms with Crippen LogP contribution in [0.4, 0.5) is 11.4 Å². The summed E-state index contributed by atoms with van der Waals surface area (Å²) in [5.41, 5.74) is 15.4. The van der Waals surface area contributed by atoms with Gasteiger partial charge in [0.1, 0.15) is 0 Å². The van der Waals surface area contributed by atoms with E-state index in [0.717, 1.165) is 5.56 Å². The van der Waals surface area contributed by atoms with Gasteiger partial charge >= 0.3 is 0 Å². The molecule has 0 aliphatic heterocycles. The van der Waals surface area contributed by atoms with Crippen LogP contribution in [0.3, 0.4) is 0 Å². The average Bonchev–Trinajstić information content (AvgIpc) is 1.98. The Labute approximate surface area is 79.9 Å². The molecule has 2 nitrogen and oxygen atoms in total. The van der Waals surface area contributed by atoms with Gasteiger partial charge in [-0.05, 0) is 29.5 Å². The molecule has 0 unspecified atom stereocenters. The maximum atomic E-state index is 5.85. The molecule has 0 fully saturated rings. The molecule has 1 aromatic carbocycles. The molecule has 0 spiro atoms. The standard InChI is InChI=1S/C11H18N2/c1-7-8(11(2,3)4)5-6-9(12)10(7)13/h5-6H,12-13H2,1-4H3. The maximum absolute atomic E-state index is 5.85. The molecule has 72 valence electrons. The molecule has 4 N–H and O–H groups in total. The summed E-state index contributed by atoms with van der Waals surface area (Å²) in [6, 6.07) is 3.93. The van der Waals surface area contributed by atoms with Crippen LogP contribution in [0, 0.1) is 6.92 Å². The van der Waals surface area contributed by atoms with E-state index in [1.54, 1.807) is 0 Å². The van der Waals surface area contributed by atoms with E-state index in [9.17, 15) is 0 Å². The van der Waals surface area contributed by atoms with E-state index < -0.39 is 0 Å². The topological polar surface area (TPSA) is 52.0 Å². The molecule has 0 radical (unpaired) electrons. The number of hydrogen-bond donors (Lipinski definition) is 2. The van der Waals surface area contributed by atoms with Gasteiger partial charge in [0.25, 0.3) is 0 Å². The molecule has 0 saturated heterocycles. The van der Waals surface area contributed by atoms with Gasteiger partial charge in [-0.3, -0.25) is 0 Å². The van der Waals surface area contributed by atoms with Crippen LogP contribution in [0.2, 0.25) is 0 Å². The van der Waals surface area contributed by atoms with Gasteiger partial charge < -0.3 is 11.5 Å². The molecule has 2 heteroatoms. The van der Waals surface area contributed by atoms with Gasteiger partial charge in [-0.2, -0.15) is 0 Å². The van der Waals surface area contributed by atoms with Crippen molar-refractivity contribution in [3.05, 3.63) is 23.3 Å². The summed E-state index contributed by atoms with van der Waals surface area (Å²) < 4.78 is 0. The highest BCUT2D eigenvalue weighted by molar-refractivity contribution is 5.69. The molecule has 1 aromatic rings. The minimum Gasteiger partial charge on any atom is -0.397 e. The lowest BCUT2D eigenvalue weighted by molar-refractivity contribution is 0.586. The van der Waals surface area contributed by atoms with E-state index in [1.165, 1.54) is 5.56 Å². The molecule has 0 amide bonds. The zero-order chi connectivity index (χ0) is 10.2. The zero-order valence-corrected chi connectivity index (χ0v) is 8.81. The van der Waals surface area contributed by atoms with Gasteiger partial charge in [0.2, 0.25) is 0 Å². The Bertz CT molecular complexity index is 322. The van der Waals surface area contributed by atoms with Crippen molar-refractivity contribution in [3.8, 4) is 0 Å². The fourth-order valence-corrected chi connectivity index (χ4v) is 1.56. The fraction of sp³-hybridized carbons (Fsp3) is 0.455. The van der Waals surface area contributed by atoms with Crippen molar-refractivity contribution in [1.82, 2.24) is 0 Å². The predicted octanol–water partition coefficient (Wildman–Crippen LogP) is 2.46. The van der Waals surface area contributed by atoms with Crippen LogP contribution in [-0.2, 0) is 5.41 Å². The Kier molecular flexibility index (Phi) is 2.24. The third-order valence-corrected chi connectivity index (χ3v) is 2.36. The molecule has 0 bridgehead atoms. The first-order valence-corrected chi connectivity index (χ1v) is 4.49. The summed E-state index contributed by atoms with van der Waals surface area (Å²) in [5.74, 6) is 0. The zero-order valence-electron chi connectivity index (χ0n) is 8.81. The van der Waals surface area contributed by atoms with E-state index in [4.69, 9.17) is 11.5 Å². The number of nitrogen functional groups attached to an aromatic ring is 2. The Morgan fingerprint density at radius 2 is 1.62 bits per heavy atom. The summed E-state index contributed by atoms with van der Waals surface area (Å²) >= 11 is 0. The van der Waals surface area contributed by atoms with Crippen LogP contribution < -0.4 is 11.5 Å². The van der Waals surface area contributed by atoms with Gasteiger partial charge in [0.15, 0.2) is 0 Å². The molecule has 0 heterocycles. The van der Waals surface area contributed by atoms with Gasteiger partial charge in [0.05, 0.1) is 11.4 Å². The van der Waals surface area contributed by atoms with Crippen molar-refractivity contribution >= 4 is 11.4 Å². The highest BCUT2D eigenvalue weighted by atomic mass is 14.7. The lowest BCUT2D eigenvalue weighted by Gasteiger charge is -2.23. The lowest BCUT2D eigenvalue weighted by Crippen LogP contribution is -2.14. The number of benzene rings is 1. The Morgan fingerprint density at radius 1 is 1.08 bits per heavy atom. The van der Waals surface area contributed by atoms with Crippen LogP contribution in [0.5, 0.6) is 0 Å². The number of hydrogen-bond acceptors (Lipinski definition) is 2. The van der Waals surface area contributed by atoms with Crippen LogP contribution >= 0.6 is 0 Å². The monoisotopic (exact) mass is 178 g/mol. The second-order valence-corrected chi connectivity index (χ2v) is 4.49. The summed E-state index contributed by atoms with van der Waals surface area (Å²) in [5, 5.41) is 0. The first-order valence-electron chi connectivity index (χ1n) is 4.49. The van der Waals surface area contributed by atoms with Crippen molar-refractivity contribution < 1.29 is 0 Å². The SMILES string of the molecule is Cc1c(C(C)(C)C)ccc(N)c1N. The summed E-state index contributed by atoms with van der Waals surface area (Å²) in [4.78, 5) is 0. The lowest BCUT2D eigenvalue weighted by atomic mass is 9.83. The number of rotatable bonds is 0. The smallest absolute Gasteiger partial charge is 0.0580 e. The molecular formula is C11H18N2. The first kappa shape index (κ1) is 9.90. The van der Waals surface area contributed by atoms with Crippen LogP contribution in [-0.4, -0.2) is 0 Å². The summed E-state index contributed by atoms with van der Waals surface area (Å²) in [6.07, 6.45) is 0. The van der Waals surface area contributed by atoms with E-state index in [0.29, 0.717) is 11.4 Å². The molecule has 0 aliphatic rings. The molecule has 0 aromatic heterocycles. The summed E-state index contributed by atoms with van der Waals surface area (Å²) in [6.45, 7) is 8.53. The van der Waals surface area contributed by atoms with Gasteiger partial charge in [-0.25, -0.2) is 0 Å². The van der Waals surface area contributed by atoms with Crippen LogP contribution in [0.15, 0.2) is 12.1 Å². The Balaban J connectivity index is 3.35. The number of anilines is 2. The largest absolute Gasteiger partial charge is 0.397 e. The molecular weight excluding hydrogens is 160 g/mol. The normalized spacial score (nSPS) is 11.7. The van der Waals surface area contributed by atoms with Crippen molar-refractivity contribution in [2.75, 3.05) is 11.5 Å². The van der Waals surface area contributed by atoms with Gasteiger partial charge in [0, 0.05) is 0 Å². The maximum Gasteiger partial charge on any atom is 0.0580 e. The highest BCUT2D eigenvalue weighted by Crippen LogP contribution is 2.31. The van der Waals surface area contributed by atoms with Crippen molar-refractivity contribution in [1.29, 1.82) is 0 Å². The van der Waals surface area contributed by atoms with E-state index in [1.807, 2.05) is 13.0 Å². The second-order valence-electron chi connectivity index (χ2n) is 4.49. The van der Waals surface area contributed by atoms with Gasteiger partial charge in [-0.15, -0.1) is 0 Å². The van der Waals surface area contributed by atoms with Gasteiger partial charge in [-0.1, -0.05) is 26.8 Å². The minimum atomic E-state index is 0.131. The molecule has 0 aliphatic carbocycles. The van der Waals surface area contributed by atoms with E-state index in [-0.39, 0.29) is 5.41 Å². The Morgan fingerprint density at radius 3 is 2.08 bits per heavy atom. The predicted molar refractivity (Wildman–Crippen MR) is 58.7 cm³/mol. The van der Waals surface area contributed by atoms with Crippen molar-refractivity contribution in [3.63, 3.8) is 0 Å². The van der Waals surface area contributed by atoms with Crippen molar-refractivity contribution in [2.45, 2.75) is 33.1 Å². The second kappa shape index (κ2) is 2.95. The minimum absolute atomic E-state index is 0.131. The van der Waals surface area contributed by atoms with Crippen LogP contribution in [0.1, 0.15) is 31.9 Å². The molecule has 13 heavy (non-hydrogen) atoms. The Hall–Kier alpha value is -1.18. The van der Waals surface area contributed by atoms with E-state index >= 15 is 0 Å². The molecule has 0 atom stereocenters. The average molecular weight is 178 g/mol. The first-order chi connectivity index (χ1) is 5.84. The highest BCUT2D eigenvalue weighted by Gasteiger charge is 2.17. The fourth-order valence-electron chi connectivity index (χ4n) is 1.56. The third-order valence-electron chi connectivity index (χ3n) is 2.36. The number of nitrogens with two attached hydrogens (primary N) is 2. The quantitative estimate of drug-likeness (QED) is 0.599. The van der Waals surface area contributed by atoms with Crippen molar-refractivity contribution in [2.24, 2.45) is 0 Å². The van der Waals surface area contributed by atoms with E-state index in [2.05, 4.69) is 26.8 Å². The molecule has 0 saturated carbocycles. The van der Waals surface area contributed by atoms with Crippen LogP contribution in [0.25, 0.3) is 0 Å². The third kappa shape index (κ3) is 1.77.